The van der Waals surface area contributed by atoms with Gasteiger partial charge in [0.25, 0.3) is 0 Å². The molecule has 0 amide bonds. The van der Waals surface area contributed by atoms with Crippen LogP contribution in [-0.2, 0) is 14.6 Å². The summed E-state index contributed by atoms with van der Waals surface area (Å²) in [5.41, 5.74) is 0.779. The minimum absolute atomic E-state index is 0.394. The first-order chi connectivity index (χ1) is 8.09. The molecule has 0 N–H and O–H groups in total. The van der Waals surface area contributed by atoms with Gasteiger partial charge >= 0.3 is 0 Å². The normalized spacial score (nSPS) is 18.4. The fourth-order valence-electron chi connectivity index (χ4n) is 1.70. The van der Waals surface area contributed by atoms with Gasteiger partial charge in [-0.25, -0.2) is 8.42 Å². The lowest BCUT2D eigenvalue weighted by Crippen LogP contribution is -2.35. The van der Waals surface area contributed by atoms with Gasteiger partial charge in [-0.05, 0) is 18.4 Å². The van der Waals surface area contributed by atoms with Crippen LogP contribution in [-0.4, -0.2) is 39.6 Å². The van der Waals surface area contributed by atoms with E-state index in [0.717, 1.165) is 18.8 Å². The van der Waals surface area contributed by atoms with E-state index in [4.69, 9.17) is 4.74 Å². The van der Waals surface area contributed by atoms with E-state index >= 15 is 0 Å². The van der Waals surface area contributed by atoms with E-state index in [0.29, 0.717) is 17.4 Å². The second-order valence-electron chi connectivity index (χ2n) is 3.84. The molecule has 4 nitrogen and oxygen atoms in total. The number of hydrogen-bond acceptors (Lipinski definition) is 5. The summed E-state index contributed by atoms with van der Waals surface area (Å²) in [5, 5.41) is 3.12. The van der Waals surface area contributed by atoms with Gasteiger partial charge in [0.15, 0.2) is 0 Å². The predicted octanol–water partition coefficient (Wildman–Crippen LogP) is 1.72. The molecule has 0 saturated carbocycles. The summed E-state index contributed by atoms with van der Waals surface area (Å²) in [6, 6.07) is 3.37. The molecule has 6 heteroatoms. The molecular formula is C11H15NO3S2. The molecule has 0 aromatic carbocycles. The first-order valence-electron chi connectivity index (χ1n) is 5.39. The Hall–Kier alpha value is -0.850. The molecule has 0 radical (unpaired) electrons. The number of rotatable bonds is 3. The maximum absolute atomic E-state index is 12.0. The second kappa shape index (κ2) is 5.20. The van der Waals surface area contributed by atoms with Crippen LogP contribution in [0, 0.1) is 0 Å². The molecule has 1 saturated heterocycles. The molecular weight excluding hydrogens is 258 g/mol. The Morgan fingerprint density at radius 3 is 2.76 bits per heavy atom. The van der Waals surface area contributed by atoms with Crippen molar-refractivity contribution in [2.24, 2.45) is 0 Å². The van der Waals surface area contributed by atoms with Gasteiger partial charge in [0.2, 0.25) is 9.84 Å². The molecule has 17 heavy (non-hydrogen) atoms. The number of nitrogens with zero attached hydrogens (tertiary/aromatic N) is 1. The smallest absolute Gasteiger partial charge is 0.210 e. The Labute approximate surface area is 105 Å². The zero-order valence-electron chi connectivity index (χ0n) is 9.63. The summed E-state index contributed by atoms with van der Waals surface area (Å²) in [6.07, 6.45) is 0. The molecule has 0 spiro atoms. The molecule has 1 fully saturated rings. The van der Waals surface area contributed by atoms with E-state index in [9.17, 15) is 8.42 Å². The first-order valence-corrected chi connectivity index (χ1v) is 7.82. The largest absolute Gasteiger partial charge is 0.378 e. The summed E-state index contributed by atoms with van der Waals surface area (Å²) in [4.78, 5) is 2.04. The van der Waals surface area contributed by atoms with Crippen molar-refractivity contribution in [3.05, 3.63) is 28.6 Å². The minimum Gasteiger partial charge on any atom is -0.378 e. The number of hydrogen-bond donors (Lipinski definition) is 0. The molecule has 2 heterocycles. The van der Waals surface area contributed by atoms with E-state index in [1.807, 2.05) is 11.8 Å². The SMILES string of the molecule is CC(=CS(=O)(=O)c1cccs1)N1CCOCC1. The molecule has 1 aliphatic heterocycles. The van der Waals surface area contributed by atoms with Crippen molar-refractivity contribution in [3.8, 4) is 0 Å². The van der Waals surface area contributed by atoms with Gasteiger partial charge in [0, 0.05) is 18.8 Å². The van der Waals surface area contributed by atoms with E-state index in [1.54, 1.807) is 17.5 Å². The van der Waals surface area contributed by atoms with Crippen molar-refractivity contribution < 1.29 is 13.2 Å². The monoisotopic (exact) mass is 273 g/mol. The van der Waals surface area contributed by atoms with Crippen LogP contribution in [0.25, 0.3) is 0 Å². The number of sulfone groups is 1. The summed E-state index contributed by atoms with van der Waals surface area (Å²) in [5.74, 6) is 0. The van der Waals surface area contributed by atoms with Crippen LogP contribution in [0.5, 0.6) is 0 Å². The molecule has 1 aromatic heterocycles. The number of morpholine rings is 1. The van der Waals surface area contributed by atoms with E-state index in [2.05, 4.69) is 0 Å². The zero-order valence-corrected chi connectivity index (χ0v) is 11.3. The van der Waals surface area contributed by atoms with Gasteiger partial charge in [-0.15, -0.1) is 11.3 Å². The lowest BCUT2D eigenvalue weighted by atomic mass is 10.4. The Morgan fingerprint density at radius 1 is 1.47 bits per heavy atom. The first kappa shape index (κ1) is 12.6. The van der Waals surface area contributed by atoms with Crippen LogP contribution in [0.3, 0.4) is 0 Å². The van der Waals surface area contributed by atoms with Crippen molar-refractivity contribution in [1.82, 2.24) is 4.90 Å². The summed E-state index contributed by atoms with van der Waals surface area (Å²) in [6.45, 7) is 4.65. The van der Waals surface area contributed by atoms with Crippen LogP contribution in [0.4, 0.5) is 0 Å². The average molecular weight is 273 g/mol. The molecule has 1 aliphatic rings. The summed E-state index contributed by atoms with van der Waals surface area (Å²) >= 11 is 1.24. The highest BCUT2D eigenvalue weighted by Gasteiger charge is 2.16. The highest BCUT2D eigenvalue weighted by Crippen LogP contribution is 2.20. The third-order valence-corrected chi connectivity index (χ3v) is 5.61. The fraction of sp³-hybridized carbons (Fsp3) is 0.455. The molecule has 2 rings (SSSR count). The van der Waals surface area contributed by atoms with Gasteiger partial charge < -0.3 is 9.64 Å². The Balaban J connectivity index is 2.18. The van der Waals surface area contributed by atoms with Crippen molar-refractivity contribution in [2.75, 3.05) is 26.3 Å². The molecule has 1 aromatic rings. The minimum atomic E-state index is -3.29. The Kier molecular flexibility index (Phi) is 3.86. The maximum atomic E-state index is 12.0. The highest BCUT2D eigenvalue weighted by molar-refractivity contribution is 7.96. The third-order valence-electron chi connectivity index (χ3n) is 2.61. The average Bonchev–Trinajstić information content (AvgIpc) is 2.84. The number of ether oxygens (including phenoxy) is 1. The summed E-state index contributed by atoms with van der Waals surface area (Å²) in [7, 11) is -3.29. The van der Waals surface area contributed by atoms with E-state index < -0.39 is 9.84 Å². The fourth-order valence-corrected chi connectivity index (χ4v) is 3.98. The molecule has 0 bridgehead atoms. The Bertz CT molecular complexity index is 485. The van der Waals surface area contributed by atoms with E-state index in [-0.39, 0.29) is 0 Å². The predicted molar refractivity (Wildman–Crippen MR) is 67.7 cm³/mol. The molecule has 0 aliphatic carbocycles. The van der Waals surface area contributed by atoms with Crippen molar-refractivity contribution in [3.63, 3.8) is 0 Å². The van der Waals surface area contributed by atoms with Gasteiger partial charge in [-0.2, -0.15) is 0 Å². The van der Waals surface area contributed by atoms with Crippen LogP contribution < -0.4 is 0 Å². The summed E-state index contributed by atoms with van der Waals surface area (Å²) < 4.78 is 29.7. The lowest BCUT2D eigenvalue weighted by molar-refractivity contribution is 0.0538. The maximum Gasteiger partial charge on any atom is 0.210 e. The van der Waals surface area contributed by atoms with Crippen LogP contribution >= 0.6 is 11.3 Å². The zero-order chi connectivity index (χ0) is 12.3. The van der Waals surface area contributed by atoms with Gasteiger partial charge in [0.05, 0.1) is 18.6 Å². The van der Waals surface area contributed by atoms with Crippen LogP contribution in [0.1, 0.15) is 6.92 Å². The topological polar surface area (TPSA) is 46.6 Å². The van der Waals surface area contributed by atoms with Gasteiger partial charge in [-0.1, -0.05) is 6.07 Å². The molecule has 0 unspecified atom stereocenters. The number of allylic oxidation sites excluding steroid dienone is 1. The highest BCUT2D eigenvalue weighted by atomic mass is 32.2. The number of thiophene rings is 1. The second-order valence-corrected chi connectivity index (χ2v) is 6.81. The third kappa shape index (κ3) is 3.08. The van der Waals surface area contributed by atoms with Gasteiger partial charge in [0.1, 0.15) is 4.21 Å². The molecule has 0 atom stereocenters. The van der Waals surface area contributed by atoms with Crippen LogP contribution in [0.15, 0.2) is 32.8 Å². The van der Waals surface area contributed by atoms with E-state index in [1.165, 1.54) is 16.7 Å². The standard InChI is InChI=1S/C11H15NO3S2/c1-10(12-4-6-15-7-5-12)9-17(13,14)11-3-2-8-16-11/h2-3,8-9H,4-7H2,1H3. The van der Waals surface area contributed by atoms with Crippen molar-refractivity contribution >= 4 is 21.2 Å². The van der Waals surface area contributed by atoms with Crippen molar-refractivity contribution in [2.45, 2.75) is 11.1 Å². The Morgan fingerprint density at radius 2 is 2.18 bits per heavy atom. The lowest BCUT2D eigenvalue weighted by Gasteiger charge is -2.29. The van der Waals surface area contributed by atoms with Crippen LogP contribution in [0.2, 0.25) is 0 Å². The van der Waals surface area contributed by atoms with Crippen molar-refractivity contribution in [1.29, 1.82) is 0 Å². The molecule has 94 valence electrons. The quantitative estimate of drug-likeness (QED) is 0.841. The van der Waals surface area contributed by atoms with Gasteiger partial charge in [-0.3, -0.25) is 0 Å².